The zero-order valence-corrected chi connectivity index (χ0v) is 12.3. The second-order valence-electron chi connectivity index (χ2n) is 5.12. The number of hydrogen-bond donors (Lipinski definition) is 1. The van der Waals surface area contributed by atoms with E-state index in [0.29, 0.717) is 18.4 Å². The van der Waals surface area contributed by atoms with Gasteiger partial charge in [-0.15, -0.1) is 0 Å². The molecule has 0 heterocycles. The highest BCUT2D eigenvalue weighted by Gasteiger charge is 2.18. The lowest BCUT2D eigenvalue weighted by Crippen LogP contribution is -2.28. The third kappa shape index (κ3) is 5.70. The molecule has 0 saturated heterocycles. The van der Waals surface area contributed by atoms with Crippen LogP contribution in [-0.4, -0.2) is 26.8 Å². The summed E-state index contributed by atoms with van der Waals surface area (Å²) in [7, 11) is 1.70. The van der Waals surface area contributed by atoms with E-state index < -0.39 is 0 Å². The smallest absolute Gasteiger partial charge is 0.123 e. The van der Waals surface area contributed by atoms with Crippen LogP contribution in [0, 0.1) is 11.7 Å². The first-order valence-corrected chi connectivity index (χ1v) is 7.14. The zero-order chi connectivity index (χ0) is 14.1. The predicted octanol–water partition coefficient (Wildman–Crippen LogP) is 3.58. The summed E-state index contributed by atoms with van der Waals surface area (Å²) in [4.78, 5) is 0. The van der Waals surface area contributed by atoms with Crippen molar-refractivity contribution in [2.24, 2.45) is 5.92 Å². The number of nitrogens with one attached hydrogen (secondary N) is 1. The van der Waals surface area contributed by atoms with Crippen LogP contribution in [0.1, 0.15) is 38.2 Å². The van der Waals surface area contributed by atoms with Gasteiger partial charge in [0.05, 0.1) is 6.61 Å². The van der Waals surface area contributed by atoms with Crippen molar-refractivity contribution in [3.8, 4) is 0 Å². The first kappa shape index (κ1) is 16.1. The van der Waals surface area contributed by atoms with Crippen molar-refractivity contribution >= 4 is 0 Å². The SMILES string of the molecule is CCCC(C)C(CNCCOC)c1cccc(F)c1. The summed E-state index contributed by atoms with van der Waals surface area (Å²) in [6.07, 6.45) is 2.32. The molecule has 0 aliphatic carbocycles. The molecule has 0 radical (unpaired) electrons. The number of rotatable bonds is 9. The normalized spacial score (nSPS) is 14.3. The van der Waals surface area contributed by atoms with Gasteiger partial charge in [0.1, 0.15) is 5.82 Å². The molecular weight excluding hydrogens is 241 g/mol. The van der Waals surface area contributed by atoms with Gasteiger partial charge in [-0.05, 0) is 29.5 Å². The molecular formula is C16H26FNO. The Morgan fingerprint density at radius 1 is 1.37 bits per heavy atom. The lowest BCUT2D eigenvalue weighted by Gasteiger charge is -2.25. The number of ether oxygens (including phenoxy) is 1. The topological polar surface area (TPSA) is 21.3 Å². The summed E-state index contributed by atoms with van der Waals surface area (Å²) in [5.74, 6) is 0.748. The van der Waals surface area contributed by atoms with E-state index in [1.165, 1.54) is 6.07 Å². The standard InChI is InChI=1S/C16H26FNO/c1-4-6-13(2)16(12-18-9-10-19-3)14-7-5-8-15(17)11-14/h5,7-8,11,13,16,18H,4,6,9-10,12H2,1-3H3. The molecule has 0 aliphatic heterocycles. The maximum atomic E-state index is 13.4. The second kappa shape index (κ2) is 9.05. The van der Waals surface area contributed by atoms with E-state index >= 15 is 0 Å². The van der Waals surface area contributed by atoms with E-state index in [4.69, 9.17) is 4.74 Å². The van der Waals surface area contributed by atoms with E-state index in [0.717, 1.165) is 31.5 Å². The van der Waals surface area contributed by atoms with Crippen LogP contribution in [0.15, 0.2) is 24.3 Å². The molecule has 1 N–H and O–H groups in total. The summed E-state index contributed by atoms with van der Waals surface area (Å²) < 4.78 is 18.4. The maximum absolute atomic E-state index is 13.4. The lowest BCUT2D eigenvalue weighted by molar-refractivity contribution is 0.198. The number of benzene rings is 1. The summed E-state index contributed by atoms with van der Waals surface area (Å²) in [6.45, 7) is 6.85. The van der Waals surface area contributed by atoms with Crippen LogP contribution in [0.5, 0.6) is 0 Å². The van der Waals surface area contributed by atoms with E-state index in [2.05, 4.69) is 19.2 Å². The Bertz CT molecular complexity index is 356. The van der Waals surface area contributed by atoms with Gasteiger partial charge in [0.15, 0.2) is 0 Å². The third-order valence-electron chi connectivity index (χ3n) is 3.55. The average molecular weight is 267 g/mol. The van der Waals surface area contributed by atoms with Gasteiger partial charge in [0.25, 0.3) is 0 Å². The lowest BCUT2D eigenvalue weighted by atomic mass is 9.84. The molecule has 0 bridgehead atoms. The Kier molecular flexibility index (Phi) is 7.68. The molecule has 19 heavy (non-hydrogen) atoms. The highest BCUT2D eigenvalue weighted by molar-refractivity contribution is 5.21. The Hall–Kier alpha value is -0.930. The molecule has 2 atom stereocenters. The van der Waals surface area contributed by atoms with Crippen molar-refractivity contribution in [1.82, 2.24) is 5.32 Å². The van der Waals surface area contributed by atoms with Crippen molar-refractivity contribution in [2.75, 3.05) is 26.8 Å². The van der Waals surface area contributed by atoms with Gasteiger partial charge in [-0.2, -0.15) is 0 Å². The molecule has 1 aromatic carbocycles. The number of hydrogen-bond acceptors (Lipinski definition) is 2. The minimum atomic E-state index is -0.150. The molecule has 3 heteroatoms. The summed E-state index contributed by atoms with van der Waals surface area (Å²) in [6, 6.07) is 6.99. The first-order chi connectivity index (χ1) is 9.19. The maximum Gasteiger partial charge on any atom is 0.123 e. The minimum Gasteiger partial charge on any atom is -0.383 e. The van der Waals surface area contributed by atoms with E-state index in [1.54, 1.807) is 19.2 Å². The fraction of sp³-hybridized carbons (Fsp3) is 0.625. The van der Waals surface area contributed by atoms with Gasteiger partial charge in [-0.3, -0.25) is 0 Å². The van der Waals surface area contributed by atoms with Crippen LogP contribution >= 0.6 is 0 Å². The molecule has 108 valence electrons. The molecule has 0 amide bonds. The van der Waals surface area contributed by atoms with E-state index in [-0.39, 0.29) is 5.82 Å². The molecule has 1 rings (SSSR count). The van der Waals surface area contributed by atoms with Crippen molar-refractivity contribution in [2.45, 2.75) is 32.6 Å². The Labute approximate surface area is 116 Å². The third-order valence-corrected chi connectivity index (χ3v) is 3.55. The Morgan fingerprint density at radius 2 is 2.16 bits per heavy atom. The number of methoxy groups -OCH3 is 1. The van der Waals surface area contributed by atoms with Crippen LogP contribution in [0.25, 0.3) is 0 Å². The van der Waals surface area contributed by atoms with Crippen molar-refractivity contribution in [3.05, 3.63) is 35.6 Å². The first-order valence-electron chi connectivity index (χ1n) is 7.14. The fourth-order valence-electron chi connectivity index (χ4n) is 2.47. The molecule has 0 fully saturated rings. The summed E-state index contributed by atoms with van der Waals surface area (Å²) in [5.41, 5.74) is 1.09. The molecule has 0 aliphatic rings. The Morgan fingerprint density at radius 3 is 2.79 bits per heavy atom. The van der Waals surface area contributed by atoms with E-state index in [1.807, 2.05) is 6.07 Å². The van der Waals surface area contributed by atoms with Gasteiger partial charge in [0, 0.05) is 20.2 Å². The van der Waals surface area contributed by atoms with Crippen molar-refractivity contribution in [3.63, 3.8) is 0 Å². The minimum absolute atomic E-state index is 0.150. The molecule has 1 aromatic rings. The fourth-order valence-corrected chi connectivity index (χ4v) is 2.47. The summed E-state index contributed by atoms with van der Waals surface area (Å²) >= 11 is 0. The van der Waals surface area contributed by atoms with E-state index in [9.17, 15) is 4.39 Å². The average Bonchev–Trinajstić information content (AvgIpc) is 2.39. The van der Waals surface area contributed by atoms with Gasteiger partial charge in [0.2, 0.25) is 0 Å². The second-order valence-corrected chi connectivity index (χ2v) is 5.12. The van der Waals surface area contributed by atoms with Gasteiger partial charge >= 0.3 is 0 Å². The highest BCUT2D eigenvalue weighted by atomic mass is 19.1. The molecule has 0 spiro atoms. The summed E-state index contributed by atoms with van der Waals surface area (Å²) in [5, 5.41) is 3.40. The van der Waals surface area contributed by atoms with Crippen LogP contribution in [0.4, 0.5) is 4.39 Å². The van der Waals surface area contributed by atoms with Crippen LogP contribution in [0.3, 0.4) is 0 Å². The highest BCUT2D eigenvalue weighted by Crippen LogP contribution is 2.27. The molecule has 0 aromatic heterocycles. The van der Waals surface area contributed by atoms with Crippen molar-refractivity contribution in [1.29, 1.82) is 0 Å². The van der Waals surface area contributed by atoms with Gasteiger partial charge < -0.3 is 10.1 Å². The molecule has 2 nitrogen and oxygen atoms in total. The Balaban J connectivity index is 2.68. The number of halogens is 1. The largest absolute Gasteiger partial charge is 0.383 e. The van der Waals surface area contributed by atoms with Gasteiger partial charge in [-0.25, -0.2) is 4.39 Å². The molecule has 0 saturated carbocycles. The van der Waals surface area contributed by atoms with Gasteiger partial charge in [-0.1, -0.05) is 38.8 Å². The van der Waals surface area contributed by atoms with Crippen LogP contribution in [-0.2, 0) is 4.74 Å². The predicted molar refractivity (Wildman–Crippen MR) is 78.0 cm³/mol. The quantitative estimate of drug-likeness (QED) is 0.690. The van der Waals surface area contributed by atoms with Crippen LogP contribution in [0.2, 0.25) is 0 Å². The monoisotopic (exact) mass is 267 g/mol. The zero-order valence-electron chi connectivity index (χ0n) is 12.3. The molecule has 2 unspecified atom stereocenters. The van der Waals surface area contributed by atoms with Crippen molar-refractivity contribution < 1.29 is 9.13 Å². The van der Waals surface area contributed by atoms with Crippen LogP contribution < -0.4 is 5.32 Å².